The number of rotatable bonds is 9. The summed E-state index contributed by atoms with van der Waals surface area (Å²) in [6.45, 7) is 2.02. The fraction of sp³-hybridized carbons (Fsp3) is 0.684. The number of ether oxygens (including phenoxy) is 1. The number of hydrogen-bond acceptors (Lipinski definition) is 2. The highest BCUT2D eigenvalue weighted by Crippen LogP contribution is 2.34. The second-order valence-corrected chi connectivity index (χ2v) is 6.29. The lowest BCUT2D eigenvalue weighted by atomic mass is 9.81. The summed E-state index contributed by atoms with van der Waals surface area (Å²) in [4.78, 5) is 0. The minimum Gasteiger partial charge on any atom is -0.385 e. The molecule has 0 aliphatic heterocycles. The van der Waals surface area contributed by atoms with Gasteiger partial charge in [0.2, 0.25) is 0 Å². The standard InChI is InChI=1S/C19H31NO/c1-21-16-10-4-9-15-20-19(17-11-5-2-6-12-17)18-13-7-3-8-14-18/h2,5-6,11-12,18-20H,3-4,7-10,13-16H2,1H3. The molecule has 0 heterocycles. The Bertz CT molecular complexity index is 359. The SMILES string of the molecule is COCCCCCNC(c1ccccc1)C1CCCCC1. The molecule has 1 atom stereocenters. The van der Waals surface area contributed by atoms with Crippen molar-refractivity contribution in [2.45, 2.75) is 57.4 Å². The smallest absolute Gasteiger partial charge is 0.0462 e. The zero-order chi connectivity index (χ0) is 14.8. The quantitative estimate of drug-likeness (QED) is 0.664. The van der Waals surface area contributed by atoms with Crippen LogP contribution in [0.15, 0.2) is 30.3 Å². The van der Waals surface area contributed by atoms with Crippen LogP contribution in [-0.2, 0) is 4.74 Å². The Morgan fingerprint density at radius 1 is 1.05 bits per heavy atom. The van der Waals surface area contributed by atoms with Crippen LogP contribution < -0.4 is 5.32 Å². The van der Waals surface area contributed by atoms with Crippen LogP contribution >= 0.6 is 0 Å². The molecular formula is C19H31NO. The molecule has 0 saturated heterocycles. The van der Waals surface area contributed by atoms with E-state index in [2.05, 4.69) is 35.6 Å². The summed E-state index contributed by atoms with van der Waals surface area (Å²) < 4.78 is 5.11. The van der Waals surface area contributed by atoms with Crippen LogP contribution in [0.5, 0.6) is 0 Å². The first-order valence-corrected chi connectivity index (χ1v) is 8.69. The van der Waals surface area contributed by atoms with Crippen molar-refractivity contribution in [2.24, 2.45) is 5.92 Å². The summed E-state index contributed by atoms with van der Waals surface area (Å²) in [5, 5.41) is 3.84. The fourth-order valence-electron chi connectivity index (χ4n) is 3.49. The van der Waals surface area contributed by atoms with Gasteiger partial charge in [0, 0.05) is 19.8 Å². The molecule has 1 fully saturated rings. The van der Waals surface area contributed by atoms with Crippen LogP contribution in [0.3, 0.4) is 0 Å². The van der Waals surface area contributed by atoms with Crippen molar-refractivity contribution in [3.8, 4) is 0 Å². The minimum absolute atomic E-state index is 0.550. The third-order valence-corrected chi connectivity index (χ3v) is 4.67. The number of hydrogen-bond donors (Lipinski definition) is 1. The number of methoxy groups -OCH3 is 1. The molecule has 0 amide bonds. The van der Waals surface area contributed by atoms with Crippen molar-refractivity contribution in [3.63, 3.8) is 0 Å². The van der Waals surface area contributed by atoms with Gasteiger partial charge in [0.1, 0.15) is 0 Å². The van der Waals surface area contributed by atoms with Crippen molar-refractivity contribution in [2.75, 3.05) is 20.3 Å². The zero-order valence-corrected chi connectivity index (χ0v) is 13.5. The van der Waals surface area contributed by atoms with E-state index >= 15 is 0 Å². The van der Waals surface area contributed by atoms with Gasteiger partial charge in [0.05, 0.1) is 0 Å². The minimum atomic E-state index is 0.550. The fourth-order valence-corrected chi connectivity index (χ4v) is 3.49. The highest BCUT2D eigenvalue weighted by Gasteiger charge is 2.24. The molecule has 1 N–H and O–H groups in total. The number of nitrogens with one attached hydrogen (secondary N) is 1. The number of benzene rings is 1. The molecular weight excluding hydrogens is 258 g/mol. The lowest BCUT2D eigenvalue weighted by Crippen LogP contribution is -2.30. The zero-order valence-electron chi connectivity index (χ0n) is 13.5. The van der Waals surface area contributed by atoms with E-state index in [0.29, 0.717) is 6.04 Å². The van der Waals surface area contributed by atoms with E-state index in [0.717, 1.165) is 19.1 Å². The second kappa shape index (κ2) is 9.97. The Morgan fingerprint density at radius 3 is 2.52 bits per heavy atom. The Kier molecular flexibility index (Phi) is 7.83. The van der Waals surface area contributed by atoms with Gasteiger partial charge in [-0.2, -0.15) is 0 Å². The molecule has 0 aromatic heterocycles. The first-order chi connectivity index (χ1) is 10.4. The molecule has 1 aliphatic rings. The number of unbranched alkanes of at least 4 members (excludes halogenated alkanes) is 2. The molecule has 1 unspecified atom stereocenters. The van der Waals surface area contributed by atoms with Crippen LogP contribution in [0.2, 0.25) is 0 Å². The highest BCUT2D eigenvalue weighted by atomic mass is 16.5. The summed E-state index contributed by atoms with van der Waals surface area (Å²) in [6, 6.07) is 11.6. The third kappa shape index (κ3) is 5.80. The third-order valence-electron chi connectivity index (χ3n) is 4.67. The van der Waals surface area contributed by atoms with Gasteiger partial charge in [0.15, 0.2) is 0 Å². The maximum atomic E-state index is 5.11. The van der Waals surface area contributed by atoms with Crippen LogP contribution in [-0.4, -0.2) is 20.3 Å². The first kappa shape index (κ1) is 16.5. The van der Waals surface area contributed by atoms with E-state index in [-0.39, 0.29) is 0 Å². The maximum Gasteiger partial charge on any atom is 0.0462 e. The largest absolute Gasteiger partial charge is 0.385 e. The molecule has 21 heavy (non-hydrogen) atoms. The predicted molar refractivity (Wildman–Crippen MR) is 89.5 cm³/mol. The first-order valence-electron chi connectivity index (χ1n) is 8.69. The molecule has 0 radical (unpaired) electrons. The van der Waals surface area contributed by atoms with E-state index in [9.17, 15) is 0 Å². The summed E-state index contributed by atoms with van der Waals surface area (Å²) in [5.74, 6) is 0.820. The van der Waals surface area contributed by atoms with E-state index in [1.165, 1.54) is 56.9 Å². The van der Waals surface area contributed by atoms with Crippen LogP contribution in [0, 0.1) is 5.92 Å². The lowest BCUT2D eigenvalue weighted by molar-refractivity contribution is 0.191. The lowest BCUT2D eigenvalue weighted by Gasteiger charge is -2.31. The average molecular weight is 289 g/mol. The summed E-state index contributed by atoms with van der Waals surface area (Å²) in [6.07, 6.45) is 10.7. The Labute approximate surface area is 130 Å². The molecule has 1 saturated carbocycles. The van der Waals surface area contributed by atoms with Gasteiger partial charge >= 0.3 is 0 Å². The van der Waals surface area contributed by atoms with E-state index < -0.39 is 0 Å². The van der Waals surface area contributed by atoms with Gasteiger partial charge < -0.3 is 10.1 Å². The average Bonchev–Trinajstić information content (AvgIpc) is 2.56. The topological polar surface area (TPSA) is 21.3 Å². The highest BCUT2D eigenvalue weighted by molar-refractivity contribution is 5.19. The molecule has 1 aromatic rings. The van der Waals surface area contributed by atoms with E-state index in [4.69, 9.17) is 4.74 Å². The van der Waals surface area contributed by atoms with Gasteiger partial charge in [-0.25, -0.2) is 0 Å². The Morgan fingerprint density at radius 2 is 1.81 bits per heavy atom. The molecule has 2 rings (SSSR count). The van der Waals surface area contributed by atoms with Crippen molar-refractivity contribution in [3.05, 3.63) is 35.9 Å². The predicted octanol–water partition coefficient (Wildman–Crippen LogP) is 4.71. The second-order valence-electron chi connectivity index (χ2n) is 6.29. The van der Waals surface area contributed by atoms with Crippen LogP contribution in [0.4, 0.5) is 0 Å². The van der Waals surface area contributed by atoms with Gasteiger partial charge in [0.25, 0.3) is 0 Å². The summed E-state index contributed by atoms with van der Waals surface area (Å²) in [5.41, 5.74) is 1.47. The van der Waals surface area contributed by atoms with Gasteiger partial charge in [-0.05, 0) is 50.1 Å². The summed E-state index contributed by atoms with van der Waals surface area (Å²) >= 11 is 0. The van der Waals surface area contributed by atoms with Crippen LogP contribution in [0.1, 0.15) is 63.0 Å². The molecule has 2 nitrogen and oxygen atoms in total. The van der Waals surface area contributed by atoms with Gasteiger partial charge in [-0.1, -0.05) is 49.6 Å². The molecule has 0 spiro atoms. The molecule has 1 aliphatic carbocycles. The Balaban J connectivity index is 1.83. The van der Waals surface area contributed by atoms with Crippen molar-refractivity contribution < 1.29 is 4.74 Å². The van der Waals surface area contributed by atoms with E-state index in [1.807, 2.05) is 0 Å². The summed E-state index contributed by atoms with van der Waals surface area (Å²) in [7, 11) is 1.78. The van der Waals surface area contributed by atoms with Crippen molar-refractivity contribution in [1.29, 1.82) is 0 Å². The van der Waals surface area contributed by atoms with Crippen molar-refractivity contribution >= 4 is 0 Å². The molecule has 2 heteroatoms. The molecule has 0 bridgehead atoms. The van der Waals surface area contributed by atoms with Crippen LogP contribution in [0.25, 0.3) is 0 Å². The normalized spacial score (nSPS) is 17.8. The molecule has 1 aromatic carbocycles. The Hall–Kier alpha value is -0.860. The van der Waals surface area contributed by atoms with Crippen molar-refractivity contribution in [1.82, 2.24) is 5.32 Å². The van der Waals surface area contributed by atoms with Gasteiger partial charge in [-0.15, -0.1) is 0 Å². The maximum absolute atomic E-state index is 5.11. The van der Waals surface area contributed by atoms with Gasteiger partial charge in [-0.3, -0.25) is 0 Å². The molecule has 118 valence electrons. The van der Waals surface area contributed by atoms with E-state index in [1.54, 1.807) is 7.11 Å². The monoisotopic (exact) mass is 289 g/mol.